The number of rotatable bonds is 12. The molecule has 1 aliphatic rings. The van der Waals surface area contributed by atoms with Crippen molar-refractivity contribution in [1.82, 2.24) is 10.9 Å². The number of aliphatic hydroxyl groups excluding tert-OH is 1. The molecule has 0 radical (unpaired) electrons. The summed E-state index contributed by atoms with van der Waals surface area (Å²) in [6, 6.07) is 26.9. The minimum atomic E-state index is -4.49. The van der Waals surface area contributed by atoms with Crippen LogP contribution in [-0.2, 0) is 28.7 Å². The van der Waals surface area contributed by atoms with E-state index in [0.29, 0.717) is 39.9 Å². The Morgan fingerprint density at radius 1 is 0.957 bits per heavy atom. The van der Waals surface area contributed by atoms with Gasteiger partial charge in [-0.25, -0.2) is 10.4 Å². The fourth-order valence-electron chi connectivity index (χ4n) is 5.05. The summed E-state index contributed by atoms with van der Waals surface area (Å²) in [6.45, 7) is 0.330. The van der Waals surface area contributed by atoms with Crippen LogP contribution in [0.2, 0.25) is 0 Å². The molecule has 0 saturated heterocycles. The number of hydrogen-bond acceptors (Lipinski definition) is 6. The van der Waals surface area contributed by atoms with E-state index in [-0.39, 0.29) is 25.5 Å². The Kier molecular flexibility index (Phi) is 10.8. The molecule has 4 aromatic carbocycles. The second-order valence-electron chi connectivity index (χ2n) is 10.6. The molecule has 0 aromatic heterocycles. The molecule has 12 heteroatoms. The van der Waals surface area contributed by atoms with Gasteiger partial charge in [0.15, 0.2) is 11.6 Å². The van der Waals surface area contributed by atoms with E-state index in [4.69, 9.17) is 19.6 Å². The molecule has 0 aliphatic carbocycles. The molecule has 7 nitrogen and oxygen atoms in total. The molecule has 1 amide bonds. The lowest BCUT2D eigenvalue weighted by molar-refractivity contribution is -0.137. The topological polar surface area (TPSA) is 92.2 Å². The van der Waals surface area contributed by atoms with Gasteiger partial charge in [-0.15, -0.1) is 0 Å². The van der Waals surface area contributed by atoms with Crippen LogP contribution in [0.4, 0.5) is 13.2 Å². The highest BCUT2D eigenvalue weighted by atomic mass is 79.9. The maximum Gasteiger partial charge on any atom is 0.416 e. The molecule has 5 rings (SSSR count). The Hall–Kier alpha value is -3.71. The van der Waals surface area contributed by atoms with Gasteiger partial charge in [0, 0.05) is 46.1 Å². The Balaban J connectivity index is 1.50. The van der Waals surface area contributed by atoms with Gasteiger partial charge in [-0.1, -0.05) is 80.4 Å². The third-order valence-electron chi connectivity index (χ3n) is 7.35. The van der Waals surface area contributed by atoms with Gasteiger partial charge < -0.3 is 14.6 Å². The summed E-state index contributed by atoms with van der Waals surface area (Å²) in [5.41, 5.74) is 5.68. The molecule has 0 spiro atoms. The number of benzene rings is 4. The smallest absolute Gasteiger partial charge is 0.416 e. The van der Waals surface area contributed by atoms with Gasteiger partial charge in [0.1, 0.15) is 5.75 Å². The fourth-order valence-corrected chi connectivity index (χ4v) is 5.81. The summed E-state index contributed by atoms with van der Waals surface area (Å²) in [6.07, 6.45) is -4.71. The van der Waals surface area contributed by atoms with Crippen molar-refractivity contribution in [2.75, 3.05) is 13.2 Å². The maximum absolute atomic E-state index is 14.3. The first-order chi connectivity index (χ1) is 22.1. The predicted octanol–water partition coefficient (Wildman–Crippen LogP) is 7.31. The first-order valence-electron chi connectivity index (χ1n) is 14.4. The fraction of sp³-hybridized carbons (Fsp3) is 0.235. The van der Waals surface area contributed by atoms with Crippen LogP contribution in [0.3, 0.4) is 0 Å². The summed E-state index contributed by atoms with van der Waals surface area (Å²) in [4.78, 5) is 19.3. The average Bonchev–Trinajstić information content (AvgIpc) is 3.42. The van der Waals surface area contributed by atoms with Gasteiger partial charge in [0.05, 0.1) is 12.2 Å². The van der Waals surface area contributed by atoms with E-state index >= 15 is 0 Å². The number of carbonyl (C=O) groups excluding carboxylic acids is 1. The third-order valence-corrected chi connectivity index (χ3v) is 8.60. The summed E-state index contributed by atoms with van der Waals surface area (Å²) >= 11 is 7.07. The number of aliphatic hydroxyl groups is 1. The second-order valence-corrected chi connectivity index (χ2v) is 12.4. The van der Waals surface area contributed by atoms with Crippen LogP contribution >= 0.6 is 31.9 Å². The normalized spacial score (nSPS) is 17.7. The van der Waals surface area contributed by atoms with Gasteiger partial charge >= 0.3 is 6.18 Å². The summed E-state index contributed by atoms with van der Waals surface area (Å²) in [7, 11) is 0. The summed E-state index contributed by atoms with van der Waals surface area (Å²) < 4.78 is 53.6. The molecule has 0 fully saturated rings. The number of hydrogen-bond donors (Lipinski definition) is 3. The lowest BCUT2D eigenvalue weighted by atomic mass is 9.82. The number of nitrogens with zero attached hydrogens (tertiary/aromatic N) is 1. The highest BCUT2D eigenvalue weighted by Gasteiger charge is 2.54. The molecule has 0 unspecified atom stereocenters. The van der Waals surface area contributed by atoms with E-state index in [2.05, 4.69) is 42.7 Å². The van der Waals surface area contributed by atoms with Crippen molar-refractivity contribution in [3.05, 3.63) is 134 Å². The molecule has 2 atom stereocenters. The molecule has 46 heavy (non-hydrogen) atoms. The number of aliphatic imine (C=N–C) groups is 1. The monoisotopic (exact) mass is 759 g/mol. The van der Waals surface area contributed by atoms with Gasteiger partial charge in [-0.05, 0) is 59.7 Å². The van der Waals surface area contributed by atoms with Crippen molar-refractivity contribution in [3.63, 3.8) is 0 Å². The van der Waals surface area contributed by atoms with Crippen molar-refractivity contribution < 1.29 is 32.5 Å². The number of ether oxygens (including phenoxy) is 2. The molecule has 0 saturated carbocycles. The first kappa shape index (κ1) is 33.6. The van der Waals surface area contributed by atoms with Crippen LogP contribution in [0.1, 0.15) is 40.3 Å². The standard InChI is InChI=1S/C34H30Br2F3N3O4/c35-26-13-9-22(10-14-26)20-33(32(44)42-40-21-23-5-3-6-25(19-23)34(37,38)39)30(28-7-1-2-8-29(28)36)46-31(41-33)24-11-15-27(16-12-24)45-18-4-17-43/h1-3,5-16,19,30,40,43H,4,17-18,20-21H2,(H,42,44)/t30-,33-/m0/s1. The number of nitrogens with one attached hydrogen (secondary N) is 2. The molecule has 1 aliphatic heterocycles. The minimum absolute atomic E-state index is 0.0243. The van der Waals surface area contributed by atoms with Crippen molar-refractivity contribution in [1.29, 1.82) is 0 Å². The van der Waals surface area contributed by atoms with Crippen molar-refractivity contribution in [3.8, 4) is 5.75 Å². The van der Waals surface area contributed by atoms with Gasteiger partial charge in [-0.3, -0.25) is 10.2 Å². The Bertz CT molecular complexity index is 1680. The first-order valence-corrected chi connectivity index (χ1v) is 16.0. The van der Waals surface area contributed by atoms with E-state index in [9.17, 15) is 18.0 Å². The largest absolute Gasteiger partial charge is 0.494 e. The quantitative estimate of drug-likeness (QED) is 0.104. The lowest BCUT2D eigenvalue weighted by Gasteiger charge is -2.31. The maximum atomic E-state index is 14.3. The van der Waals surface area contributed by atoms with Crippen LogP contribution in [0.25, 0.3) is 0 Å². The summed E-state index contributed by atoms with van der Waals surface area (Å²) in [5, 5.41) is 9.04. The Morgan fingerprint density at radius 2 is 1.70 bits per heavy atom. The average molecular weight is 761 g/mol. The highest BCUT2D eigenvalue weighted by Crippen LogP contribution is 2.44. The zero-order chi connectivity index (χ0) is 32.7. The lowest BCUT2D eigenvalue weighted by Crippen LogP contribution is -2.53. The van der Waals surface area contributed by atoms with Gasteiger partial charge in [0.2, 0.25) is 5.90 Å². The van der Waals surface area contributed by atoms with E-state index in [0.717, 1.165) is 22.2 Å². The zero-order valence-corrected chi connectivity index (χ0v) is 27.5. The SMILES string of the molecule is O=C(NNCc1cccc(C(F)(F)F)c1)[C@@]1(Cc2ccc(Br)cc2)N=C(c2ccc(OCCCO)cc2)O[C@H]1c1ccccc1Br. The third kappa shape index (κ3) is 7.98. The molecular weight excluding hydrogens is 731 g/mol. The second kappa shape index (κ2) is 14.8. The van der Waals surface area contributed by atoms with Crippen molar-refractivity contribution in [2.24, 2.45) is 4.99 Å². The van der Waals surface area contributed by atoms with Gasteiger partial charge in [-0.2, -0.15) is 13.2 Å². The van der Waals surface area contributed by atoms with E-state index < -0.39 is 29.3 Å². The minimum Gasteiger partial charge on any atom is -0.494 e. The van der Waals surface area contributed by atoms with E-state index in [1.807, 2.05) is 48.5 Å². The van der Waals surface area contributed by atoms with Crippen molar-refractivity contribution >= 4 is 43.7 Å². The molecule has 1 heterocycles. The van der Waals surface area contributed by atoms with Crippen LogP contribution in [-0.4, -0.2) is 35.7 Å². The molecule has 4 aromatic rings. The number of amides is 1. The van der Waals surface area contributed by atoms with Crippen LogP contribution in [0.15, 0.2) is 111 Å². The van der Waals surface area contributed by atoms with E-state index in [1.54, 1.807) is 30.3 Å². The number of alkyl halides is 3. The molecular formula is C34H30Br2F3N3O4. The van der Waals surface area contributed by atoms with Gasteiger partial charge in [0.25, 0.3) is 5.91 Å². The Labute approximate surface area is 281 Å². The molecule has 3 N–H and O–H groups in total. The zero-order valence-electron chi connectivity index (χ0n) is 24.4. The highest BCUT2D eigenvalue weighted by molar-refractivity contribution is 9.10. The van der Waals surface area contributed by atoms with E-state index in [1.165, 1.54) is 6.07 Å². The Morgan fingerprint density at radius 3 is 2.39 bits per heavy atom. The van der Waals surface area contributed by atoms with Crippen LogP contribution in [0, 0.1) is 0 Å². The number of hydrazine groups is 1. The number of halogens is 5. The number of carbonyl (C=O) groups is 1. The molecule has 240 valence electrons. The van der Waals surface area contributed by atoms with Crippen molar-refractivity contribution in [2.45, 2.75) is 37.2 Å². The predicted molar refractivity (Wildman–Crippen MR) is 175 cm³/mol. The van der Waals surface area contributed by atoms with Crippen LogP contribution in [0.5, 0.6) is 5.75 Å². The van der Waals surface area contributed by atoms with Crippen LogP contribution < -0.4 is 15.6 Å². The summed E-state index contributed by atoms with van der Waals surface area (Å²) in [5.74, 6) is 0.325. The molecule has 0 bridgehead atoms.